The summed E-state index contributed by atoms with van der Waals surface area (Å²) in [5.41, 5.74) is 1.66. The molecule has 0 spiro atoms. The number of Topliss-reactive ketones (excluding diaryl/α,β-unsaturated/α-hetero) is 1. The van der Waals surface area contributed by atoms with Gasteiger partial charge in [0.25, 0.3) is 4.93 Å². The Labute approximate surface area is 169 Å². The number of aromatic hydroxyl groups is 1. The minimum absolute atomic E-state index is 0.190. The molecule has 5 nitrogen and oxygen atoms in total. The Hall–Kier alpha value is -2.47. The van der Waals surface area contributed by atoms with Crippen molar-refractivity contribution in [2.24, 2.45) is 0 Å². The fourth-order valence-corrected chi connectivity index (χ4v) is 4.07. The summed E-state index contributed by atoms with van der Waals surface area (Å²) in [7, 11) is 0. The van der Waals surface area contributed by atoms with Gasteiger partial charge in [-0.15, -0.1) is 0 Å². The lowest BCUT2D eigenvalue weighted by atomic mass is 9.99. The number of phenols is 1. The third kappa shape index (κ3) is 4.50. The first kappa shape index (κ1) is 21.8. The fraction of sp³-hybridized carbons (Fsp3) is 0.364. The van der Waals surface area contributed by atoms with Gasteiger partial charge in [-0.1, -0.05) is 56.8 Å². The van der Waals surface area contributed by atoms with Gasteiger partial charge in [-0.25, -0.2) is 4.79 Å². The van der Waals surface area contributed by atoms with E-state index in [0.29, 0.717) is 17.7 Å². The molecular formula is C22H26O5S. The number of thioether (sulfide) groups is 1. The zero-order valence-corrected chi connectivity index (χ0v) is 17.2. The Morgan fingerprint density at radius 1 is 1.11 bits per heavy atom. The number of carbonyl (C=O) groups excluding carboxylic acids is 1. The van der Waals surface area contributed by atoms with E-state index in [-0.39, 0.29) is 29.3 Å². The van der Waals surface area contributed by atoms with Crippen LogP contribution in [-0.2, 0) is 16.1 Å². The predicted octanol–water partition coefficient (Wildman–Crippen LogP) is 5.01. The van der Waals surface area contributed by atoms with Gasteiger partial charge in [-0.3, -0.25) is 4.79 Å². The van der Waals surface area contributed by atoms with Crippen LogP contribution in [0, 0.1) is 0 Å². The van der Waals surface area contributed by atoms with Gasteiger partial charge in [0.15, 0.2) is 5.78 Å². The van der Waals surface area contributed by atoms with Crippen LogP contribution in [0.1, 0.15) is 55.1 Å². The number of benzene rings is 2. The molecule has 6 heteroatoms. The number of aryl methyl sites for hydroxylation is 1. The summed E-state index contributed by atoms with van der Waals surface area (Å²) in [5.74, 6) is -0.733. The normalized spacial score (nSPS) is 13.0. The number of phenolic OH excluding ortho intramolecular Hbond substituents is 1. The number of aliphatic carboxylic acids is 1. The Kier molecular flexibility index (Phi) is 7.52. The molecule has 2 rings (SSSR count). The molecule has 0 amide bonds. The fourth-order valence-electron chi connectivity index (χ4n) is 2.95. The lowest BCUT2D eigenvalue weighted by Gasteiger charge is -2.32. The summed E-state index contributed by atoms with van der Waals surface area (Å²) in [6, 6.07) is 11.6. The molecule has 0 bridgehead atoms. The lowest BCUT2D eigenvalue weighted by molar-refractivity contribution is -0.148. The van der Waals surface area contributed by atoms with E-state index in [1.807, 2.05) is 26.0 Å². The van der Waals surface area contributed by atoms with E-state index < -0.39 is 10.9 Å². The highest BCUT2D eigenvalue weighted by atomic mass is 32.2. The SMILES string of the molecule is CCCSC(Oc1ccc(C(=O)CC)c(O)c1)(C(=O)O)c1ccccc1CC. The van der Waals surface area contributed by atoms with Gasteiger partial charge in [-0.05, 0) is 36.3 Å². The van der Waals surface area contributed by atoms with Crippen LogP contribution in [0.5, 0.6) is 11.5 Å². The van der Waals surface area contributed by atoms with E-state index in [1.165, 1.54) is 30.0 Å². The number of carboxylic acids is 1. The molecule has 0 aliphatic heterocycles. The van der Waals surface area contributed by atoms with Crippen molar-refractivity contribution < 1.29 is 24.5 Å². The van der Waals surface area contributed by atoms with E-state index in [0.717, 1.165) is 12.0 Å². The second-order valence-electron chi connectivity index (χ2n) is 6.34. The Morgan fingerprint density at radius 2 is 1.82 bits per heavy atom. The topological polar surface area (TPSA) is 83.8 Å². The van der Waals surface area contributed by atoms with Gasteiger partial charge in [-0.2, -0.15) is 0 Å². The third-order valence-corrected chi connectivity index (χ3v) is 5.89. The highest BCUT2D eigenvalue weighted by Gasteiger charge is 2.45. The quantitative estimate of drug-likeness (QED) is 0.429. The Balaban J connectivity index is 2.55. The molecule has 0 radical (unpaired) electrons. The van der Waals surface area contributed by atoms with Crippen LogP contribution in [0.2, 0.25) is 0 Å². The summed E-state index contributed by atoms with van der Waals surface area (Å²) >= 11 is 1.21. The summed E-state index contributed by atoms with van der Waals surface area (Å²) in [6.07, 6.45) is 1.71. The molecular weight excluding hydrogens is 376 g/mol. The molecule has 0 aliphatic rings. The summed E-state index contributed by atoms with van der Waals surface area (Å²) < 4.78 is 6.04. The predicted molar refractivity (Wildman–Crippen MR) is 111 cm³/mol. The van der Waals surface area contributed by atoms with Crippen LogP contribution in [0.3, 0.4) is 0 Å². The third-order valence-electron chi connectivity index (χ3n) is 4.40. The Bertz CT molecular complexity index is 849. The molecule has 28 heavy (non-hydrogen) atoms. The minimum atomic E-state index is -1.65. The van der Waals surface area contributed by atoms with Crippen molar-refractivity contribution in [2.75, 3.05) is 5.75 Å². The monoisotopic (exact) mass is 402 g/mol. The smallest absolute Gasteiger partial charge is 0.363 e. The molecule has 1 atom stereocenters. The molecule has 1 unspecified atom stereocenters. The first-order valence-corrected chi connectivity index (χ1v) is 10.4. The largest absolute Gasteiger partial charge is 0.507 e. The number of ketones is 1. The zero-order valence-electron chi connectivity index (χ0n) is 16.4. The highest BCUT2D eigenvalue weighted by Crippen LogP contribution is 2.42. The van der Waals surface area contributed by atoms with E-state index in [1.54, 1.807) is 19.1 Å². The molecule has 2 N–H and O–H groups in total. The van der Waals surface area contributed by atoms with Gasteiger partial charge < -0.3 is 14.9 Å². The molecule has 0 fully saturated rings. The zero-order chi connectivity index (χ0) is 20.7. The number of rotatable bonds is 10. The molecule has 2 aromatic rings. The van der Waals surface area contributed by atoms with Crippen molar-refractivity contribution in [3.63, 3.8) is 0 Å². The molecule has 0 aromatic heterocycles. The molecule has 2 aromatic carbocycles. The number of ether oxygens (including phenoxy) is 1. The average Bonchev–Trinajstić information content (AvgIpc) is 2.70. The van der Waals surface area contributed by atoms with Crippen LogP contribution >= 0.6 is 11.8 Å². The Morgan fingerprint density at radius 3 is 2.39 bits per heavy atom. The maximum absolute atomic E-state index is 12.4. The van der Waals surface area contributed by atoms with Crippen LogP contribution in [-0.4, -0.2) is 27.7 Å². The second-order valence-corrected chi connectivity index (χ2v) is 7.61. The average molecular weight is 403 g/mol. The van der Waals surface area contributed by atoms with Gasteiger partial charge in [0.1, 0.15) is 11.5 Å². The second kappa shape index (κ2) is 9.64. The van der Waals surface area contributed by atoms with Crippen molar-refractivity contribution in [3.05, 3.63) is 59.2 Å². The van der Waals surface area contributed by atoms with E-state index in [2.05, 4.69) is 0 Å². The summed E-state index contributed by atoms with van der Waals surface area (Å²) in [4.78, 5) is 22.7. The summed E-state index contributed by atoms with van der Waals surface area (Å²) in [6.45, 7) is 5.65. The molecule has 0 saturated heterocycles. The lowest BCUT2D eigenvalue weighted by Crippen LogP contribution is -2.39. The molecule has 0 saturated carbocycles. The van der Waals surface area contributed by atoms with Crippen LogP contribution in [0.15, 0.2) is 42.5 Å². The van der Waals surface area contributed by atoms with Gasteiger partial charge in [0.05, 0.1) is 5.56 Å². The maximum Gasteiger partial charge on any atom is 0.363 e. The van der Waals surface area contributed by atoms with Gasteiger partial charge in [0.2, 0.25) is 0 Å². The van der Waals surface area contributed by atoms with E-state index >= 15 is 0 Å². The number of hydrogen-bond donors (Lipinski definition) is 2. The molecule has 0 aliphatic carbocycles. The number of carbonyl (C=O) groups is 2. The van der Waals surface area contributed by atoms with Gasteiger partial charge >= 0.3 is 5.97 Å². The van der Waals surface area contributed by atoms with Crippen molar-refractivity contribution in [2.45, 2.75) is 45.0 Å². The number of hydrogen-bond acceptors (Lipinski definition) is 5. The first-order valence-electron chi connectivity index (χ1n) is 9.40. The van der Waals surface area contributed by atoms with Crippen LogP contribution in [0.4, 0.5) is 0 Å². The molecule has 150 valence electrons. The number of carboxylic acid groups (broad SMARTS) is 1. The van der Waals surface area contributed by atoms with Gasteiger partial charge in [0, 0.05) is 18.1 Å². The maximum atomic E-state index is 12.4. The van der Waals surface area contributed by atoms with E-state index in [9.17, 15) is 19.8 Å². The standard InChI is InChI=1S/C22H26O5S/c1-4-13-28-22(21(25)26,18-10-8-7-9-15(18)5-2)27-16-11-12-17(19(23)6-3)20(24)14-16/h7-12,14,24H,4-6,13H2,1-3H3,(H,25,26). The summed E-state index contributed by atoms with van der Waals surface area (Å²) in [5, 5.41) is 20.4. The van der Waals surface area contributed by atoms with Crippen molar-refractivity contribution in [3.8, 4) is 11.5 Å². The first-order chi connectivity index (χ1) is 13.4. The van der Waals surface area contributed by atoms with Crippen LogP contribution in [0.25, 0.3) is 0 Å². The van der Waals surface area contributed by atoms with Crippen molar-refractivity contribution in [1.82, 2.24) is 0 Å². The van der Waals surface area contributed by atoms with Crippen LogP contribution < -0.4 is 4.74 Å². The highest BCUT2D eigenvalue weighted by molar-refractivity contribution is 8.00. The molecule has 0 heterocycles. The van der Waals surface area contributed by atoms with Crippen molar-refractivity contribution in [1.29, 1.82) is 0 Å². The van der Waals surface area contributed by atoms with E-state index in [4.69, 9.17) is 4.74 Å². The van der Waals surface area contributed by atoms with Crippen molar-refractivity contribution >= 4 is 23.5 Å². The minimum Gasteiger partial charge on any atom is -0.507 e.